The Kier molecular flexibility index (Phi) is 5.69. The van der Waals surface area contributed by atoms with Crippen LogP contribution in [0.15, 0.2) is 24.5 Å². The molecule has 0 radical (unpaired) electrons. The summed E-state index contributed by atoms with van der Waals surface area (Å²) in [5.74, 6) is -0.436. The van der Waals surface area contributed by atoms with Gasteiger partial charge in [0, 0.05) is 22.7 Å². The van der Waals surface area contributed by atoms with Crippen molar-refractivity contribution in [2.45, 2.75) is 63.1 Å². The molecule has 174 valence electrons. The first-order chi connectivity index (χ1) is 15.6. The first-order valence-electron chi connectivity index (χ1n) is 10.8. The number of nitrogens with zero attached hydrogens (tertiary/aromatic N) is 3. The summed E-state index contributed by atoms with van der Waals surface area (Å²) in [6.45, 7) is 3.21. The van der Waals surface area contributed by atoms with Crippen molar-refractivity contribution in [1.29, 1.82) is 0 Å². The molecule has 33 heavy (non-hydrogen) atoms. The van der Waals surface area contributed by atoms with Crippen LogP contribution in [-0.4, -0.2) is 49.5 Å². The van der Waals surface area contributed by atoms with Gasteiger partial charge in [-0.25, -0.2) is 14.4 Å². The van der Waals surface area contributed by atoms with Gasteiger partial charge in [-0.15, -0.1) is 0 Å². The van der Waals surface area contributed by atoms with E-state index < -0.39 is 17.5 Å². The van der Waals surface area contributed by atoms with E-state index in [0.29, 0.717) is 28.5 Å². The highest BCUT2D eigenvalue weighted by Gasteiger charge is 2.42. The largest absolute Gasteiger partial charge is 0.388 e. The number of aliphatic hydroxyl groups is 2. The number of ether oxygens (including phenoxy) is 1. The van der Waals surface area contributed by atoms with Gasteiger partial charge in [0.2, 0.25) is 5.95 Å². The Morgan fingerprint density at radius 1 is 1.18 bits per heavy atom. The van der Waals surface area contributed by atoms with Gasteiger partial charge in [-0.1, -0.05) is 23.2 Å². The summed E-state index contributed by atoms with van der Waals surface area (Å²) in [7, 11) is 0. The summed E-state index contributed by atoms with van der Waals surface area (Å²) in [6, 6.07) is 2.92. The Hall–Kier alpha value is -2.10. The second-order valence-electron chi connectivity index (χ2n) is 9.14. The number of anilines is 1. The predicted octanol–water partition coefficient (Wildman–Crippen LogP) is 4.46. The summed E-state index contributed by atoms with van der Waals surface area (Å²) in [5, 5.41) is 25.1. The maximum Gasteiger partial charge on any atom is 0.223 e. The molecule has 0 amide bonds. The fourth-order valence-corrected chi connectivity index (χ4v) is 5.27. The summed E-state index contributed by atoms with van der Waals surface area (Å²) in [4.78, 5) is 12.8. The van der Waals surface area contributed by atoms with Gasteiger partial charge in [0.1, 0.15) is 11.8 Å². The highest BCUT2D eigenvalue weighted by molar-refractivity contribution is 6.40. The number of halogens is 3. The fraction of sp³-hybridized carbons (Fsp3) is 0.435. The number of hydrogen-bond acceptors (Lipinski definition) is 7. The van der Waals surface area contributed by atoms with Crippen LogP contribution in [0.1, 0.15) is 38.7 Å². The molecule has 0 unspecified atom stereocenters. The number of rotatable bonds is 4. The molecule has 2 fully saturated rings. The highest BCUT2D eigenvalue weighted by Crippen LogP contribution is 2.38. The van der Waals surface area contributed by atoms with Gasteiger partial charge >= 0.3 is 0 Å². The number of fused-ring (bicyclic) bond motifs is 3. The van der Waals surface area contributed by atoms with Gasteiger partial charge in [0.05, 0.1) is 45.6 Å². The fourth-order valence-electron chi connectivity index (χ4n) is 4.58. The van der Waals surface area contributed by atoms with E-state index in [9.17, 15) is 14.6 Å². The third-order valence-electron chi connectivity index (χ3n) is 6.30. The van der Waals surface area contributed by atoms with Crippen LogP contribution < -0.4 is 5.32 Å². The van der Waals surface area contributed by atoms with Crippen LogP contribution in [0.5, 0.6) is 0 Å². The van der Waals surface area contributed by atoms with Crippen molar-refractivity contribution in [1.82, 2.24) is 15.0 Å². The smallest absolute Gasteiger partial charge is 0.223 e. The minimum atomic E-state index is -1.22. The topological polar surface area (TPSA) is 100 Å². The van der Waals surface area contributed by atoms with Crippen LogP contribution >= 0.6 is 23.2 Å². The Morgan fingerprint density at radius 2 is 1.97 bits per heavy atom. The molecule has 5 rings (SSSR count). The number of nitrogens with one attached hydrogen (secondary N) is 1. The maximum absolute atomic E-state index is 14.8. The Labute approximate surface area is 199 Å². The molecule has 0 aliphatic carbocycles. The van der Waals surface area contributed by atoms with Crippen LogP contribution in [0.2, 0.25) is 10.0 Å². The van der Waals surface area contributed by atoms with Gasteiger partial charge in [0.15, 0.2) is 5.82 Å². The van der Waals surface area contributed by atoms with Gasteiger partial charge in [0.25, 0.3) is 0 Å². The molecule has 2 aliphatic rings. The molecule has 2 aliphatic heterocycles. The van der Waals surface area contributed by atoms with E-state index in [1.165, 1.54) is 6.20 Å². The number of aliphatic hydroxyl groups excluding tert-OH is 1. The summed E-state index contributed by atoms with van der Waals surface area (Å²) < 4.78 is 20.5. The van der Waals surface area contributed by atoms with Crippen LogP contribution in [-0.2, 0) is 10.3 Å². The van der Waals surface area contributed by atoms with Crippen molar-refractivity contribution in [2.24, 2.45) is 0 Å². The van der Waals surface area contributed by atoms with E-state index in [4.69, 9.17) is 27.9 Å². The SMILES string of the molecule is CC(C)(O)c1cnc2c(Cl)cc(-c3nc(N[C@@H]4C[C@H]5CC[C@H](O5)[C@H]4O)ncc3F)cc2c1Cl. The third-order valence-corrected chi connectivity index (χ3v) is 7.00. The molecule has 1 aromatic carbocycles. The lowest BCUT2D eigenvalue weighted by Crippen LogP contribution is -2.47. The van der Waals surface area contributed by atoms with Gasteiger partial charge in [-0.05, 0) is 45.2 Å². The molecule has 2 saturated heterocycles. The summed E-state index contributed by atoms with van der Waals surface area (Å²) in [6.07, 6.45) is 4.10. The van der Waals surface area contributed by atoms with Gasteiger partial charge in [-0.3, -0.25) is 4.98 Å². The first-order valence-corrected chi connectivity index (χ1v) is 11.5. The molecule has 10 heteroatoms. The standard InChI is InChI=1S/C23H23Cl2FN4O3/c1-23(2,32)13-8-27-20-12(18(13)25)5-10(6-14(20)24)19-15(26)9-28-22(30-19)29-16-7-11-3-4-17(33-11)21(16)31/h5-6,8-9,11,16-17,21,31-32H,3-4,7H2,1-2H3,(H,28,29,30)/t11-,16-,17+,21+/m1/s1. The van der Waals surface area contributed by atoms with Crippen LogP contribution in [0.3, 0.4) is 0 Å². The molecule has 2 bridgehead atoms. The zero-order chi connectivity index (χ0) is 23.5. The van der Waals surface area contributed by atoms with Crippen molar-refractivity contribution < 1.29 is 19.3 Å². The first kappa shape index (κ1) is 22.7. The Bertz CT molecular complexity index is 1240. The van der Waals surface area contributed by atoms with Crippen molar-refractivity contribution in [2.75, 3.05) is 5.32 Å². The minimum absolute atomic E-state index is 0.0329. The molecule has 3 N–H and O–H groups in total. The van der Waals surface area contributed by atoms with Crippen LogP contribution in [0.4, 0.5) is 10.3 Å². The van der Waals surface area contributed by atoms with E-state index in [1.54, 1.807) is 26.0 Å². The molecule has 0 saturated carbocycles. The normalized spacial score (nSPS) is 24.9. The highest BCUT2D eigenvalue weighted by atomic mass is 35.5. The molecule has 4 heterocycles. The van der Waals surface area contributed by atoms with Gasteiger partial charge in [-0.2, -0.15) is 0 Å². The molecule has 2 aromatic heterocycles. The second kappa shape index (κ2) is 8.29. The number of aromatic nitrogens is 3. The quantitative estimate of drug-likeness (QED) is 0.494. The number of hydrogen-bond donors (Lipinski definition) is 3. The van der Waals surface area contributed by atoms with E-state index in [1.807, 2.05) is 0 Å². The summed E-state index contributed by atoms with van der Waals surface area (Å²) >= 11 is 13.0. The van der Waals surface area contributed by atoms with Crippen LogP contribution in [0.25, 0.3) is 22.2 Å². The summed E-state index contributed by atoms with van der Waals surface area (Å²) in [5.41, 5.74) is 0.0675. The molecular formula is C23H23Cl2FN4O3. The lowest BCUT2D eigenvalue weighted by atomic mass is 9.97. The second-order valence-corrected chi connectivity index (χ2v) is 9.93. The van der Waals surface area contributed by atoms with Crippen LogP contribution in [0, 0.1) is 5.82 Å². The average Bonchev–Trinajstić information content (AvgIpc) is 3.16. The van der Waals surface area contributed by atoms with Crippen molar-refractivity contribution in [3.63, 3.8) is 0 Å². The third kappa shape index (κ3) is 4.15. The lowest BCUT2D eigenvalue weighted by molar-refractivity contribution is -0.0811. The van der Waals surface area contributed by atoms with E-state index in [0.717, 1.165) is 19.0 Å². The predicted molar refractivity (Wildman–Crippen MR) is 124 cm³/mol. The molecule has 3 aromatic rings. The monoisotopic (exact) mass is 492 g/mol. The van der Waals surface area contributed by atoms with Crippen molar-refractivity contribution in [3.8, 4) is 11.3 Å². The zero-order valence-corrected chi connectivity index (χ0v) is 19.5. The van der Waals surface area contributed by atoms with Gasteiger partial charge < -0.3 is 20.3 Å². The van der Waals surface area contributed by atoms with Crippen molar-refractivity contribution in [3.05, 3.63) is 46.0 Å². The number of benzene rings is 1. The Morgan fingerprint density at radius 3 is 2.73 bits per heavy atom. The van der Waals surface area contributed by atoms with E-state index >= 15 is 0 Å². The van der Waals surface area contributed by atoms with E-state index in [2.05, 4.69) is 20.3 Å². The molecule has 0 spiro atoms. The van der Waals surface area contributed by atoms with Crippen molar-refractivity contribution >= 4 is 40.1 Å². The Balaban J connectivity index is 1.53. The lowest BCUT2D eigenvalue weighted by Gasteiger charge is -2.33. The van der Waals surface area contributed by atoms with E-state index in [-0.39, 0.29) is 39.9 Å². The zero-order valence-electron chi connectivity index (χ0n) is 18.0. The number of pyridine rings is 1. The molecular weight excluding hydrogens is 470 g/mol. The maximum atomic E-state index is 14.8. The average molecular weight is 493 g/mol. The molecule has 4 atom stereocenters. The minimum Gasteiger partial charge on any atom is -0.388 e. The molecule has 7 nitrogen and oxygen atoms in total.